The molecule has 0 aliphatic carbocycles. The average Bonchev–Trinajstić information content (AvgIpc) is 2.77. The highest BCUT2D eigenvalue weighted by Crippen LogP contribution is 2.19. The molecule has 0 bridgehead atoms. The van der Waals surface area contributed by atoms with Gasteiger partial charge < -0.3 is 0 Å². The van der Waals surface area contributed by atoms with Crippen LogP contribution in [-0.4, -0.2) is 24.5 Å². The molecule has 0 radical (unpaired) electrons. The Bertz CT molecular complexity index is 724. The Kier molecular flexibility index (Phi) is 3.60. The molecule has 19 heavy (non-hydrogen) atoms. The van der Waals surface area contributed by atoms with Crippen LogP contribution in [0.15, 0.2) is 28.6 Å². The van der Waals surface area contributed by atoms with Crippen LogP contribution in [0.4, 0.5) is 5.13 Å². The predicted octanol–water partition coefficient (Wildman–Crippen LogP) is 0.746. The van der Waals surface area contributed by atoms with E-state index in [1.807, 2.05) is 6.07 Å². The summed E-state index contributed by atoms with van der Waals surface area (Å²) in [6.07, 6.45) is 0. The molecule has 0 atom stereocenters. The van der Waals surface area contributed by atoms with E-state index in [0.717, 1.165) is 5.56 Å². The van der Waals surface area contributed by atoms with Crippen molar-refractivity contribution in [3.05, 3.63) is 35.4 Å². The molecule has 1 amide bonds. The zero-order valence-corrected chi connectivity index (χ0v) is 11.5. The van der Waals surface area contributed by atoms with Gasteiger partial charge in [0.1, 0.15) is 0 Å². The molecular weight excluding hydrogens is 288 g/mol. The number of carbonyl (C=O) groups is 1. The van der Waals surface area contributed by atoms with Gasteiger partial charge in [0.15, 0.2) is 0 Å². The molecule has 2 aromatic rings. The van der Waals surface area contributed by atoms with Crippen LogP contribution in [0.25, 0.3) is 0 Å². The number of benzene rings is 1. The van der Waals surface area contributed by atoms with Gasteiger partial charge in [-0.25, -0.2) is 13.6 Å². The molecule has 100 valence electrons. The van der Waals surface area contributed by atoms with E-state index in [0.29, 0.717) is 16.9 Å². The fraction of sp³-hybridized carbons (Fsp3) is 0.100. The van der Waals surface area contributed by atoms with E-state index in [2.05, 4.69) is 15.5 Å². The lowest BCUT2D eigenvalue weighted by Crippen LogP contribution is -2.13. The van der Waals surface area contributed by atoms with Crippen LogP contribution in [-0.2, 0) is 10.0 Å². The van der Waals surface area contributed by atoms with Crippen LogP contribution in [0.5, 0.6) is 0 Å². The first-order valence-corrected chi connectivity index (χ1v) is 7.47. The summed E-state index contributed by atoms with van der Waals surface area (Å²) >= 11 is 0.702. The lowest BCUT2D eigenvalue weighted by molar-refractivity contribution is 0.102. The van der Waals surface area contributed by atoms with Crippen molar-refractivity contribution in [3.8, 4) is 0 Å². The first-order valence-electron chi connectivity index (χ1n) is 5.11. The van der Waals surface area contributed by atoms with E-state index >= 15 is 0 Å². The topological polar surface area (TPSA) is 115 Å². The smallest absolute Gasteiger partial charge is 0.267 e. The minimum absolute atomic E-state index is 0.0808. The maximum absolute atomic E-state index is 11.9. The van der Waals surface area contributed by atoms with E-state index in [9.17, 15) is 13.2 Å². The van der Waals surface area contributed by atoms with Gasteiger partial charge in [0.25, 0.3) is 15.9 Å². The second-order valence-corrected chi connectivity index (χ2v) is 6.40. The molecule has 3 N–H and O–H groups in total. The van der Waals surface area contributed by atoms with Crippen LogP contribution >= 0.6 is 11.3 Å². The number of nitrogens with two attached hydrogens (primary N) is 1. The van der Waals surface area contributed by atoms with Crippen LogP contribution in [0.2, 0.25) is 0 Å². The molecule has 0 saturated heterocycles. The van der Waals surface area contributed by atoms with Crippen molar-refractivity contribution < 1.29 is 13.2 Å². The minimum atomic E-state index is -3.90. The Hall–Kier alpha value is -1.84. The number of carbonyl (C=O) groups excluding carboxylic acids is 1. The van der Waals surface area contributed by atoms with Crippen molar-refractivity contribution in [3.63, 3.8) is 0 Å². The Labute approximate surface area is 113 Å². The van der Waals surface area contributed by atoms with Gasteiger partial charge in [-0.05, 0) is 18.6 Å². The Morgan fingerprint density at radius 1 is 1.32 bits per heavy atom. The van der Waals surface area contributed by atoms with Crippen LogP contribution < -0.4 is 10.5 Å². The molecule has 0 spiro atoms. The number of aryl methyl sites for hydroxylation is 1. The minimum Gasteiger partial charge on any atom is -0.296 e. The third kappa shape index (κ3) is 3.13. The zero-order chi connectivity index (χ0) is 14.0. The van der Waals surface area contributed by atoms with Crippen molar-refractivity contribution in [1.29, 1.82) is 0 Å². The molecule has 0 aliphatic heterocycles. The van der Waals surface area contributed by atoms with Crippen molar-refractivity contribution >= 4 is 32.4 Å². The third-order valence-electron chi connectivity index (χ3n) is 2.26. The molecular formula is C10H10N4O3S2. The monoisotopic (exact) mass is 298 g/mol. The number of nitrogens with one attached hydrogen (secondary N) is 1. The van der Waals surface area contributed by atoms with Gasteiger partial charge in [-0.2, -0.15) is 0 Å². The van der Waals surface area contributed by atoms with Crippen molar-refractivity contribution in [2.75, 3.05) is 5.32 Å². The lowest BCUT2D eigenvalue weighted by atomic mass is 10.1. The van der Waals surface area contributed by atoms with Gasteiger partial charge in [-0.1, -0.05) is 29.5 Å². The summed E-state index contributed by atoms with van der Waals surface area (Å²) in [5.41, 5.74) is 1.28. The molecule has 0 aliphatic rings. The van der Waals surface area contributed by atoms with Crippen LogP contribution in [0.1, 0.15) is 15.9 Å². The summed E-state index contributed by atoms with van der Waals surface area (Å²) in [5, 5.41) is 14.4. The Morgan fingerprint density at radius 2 is 2.00 bits per heavy atom. The zero-order valence-electron chi connectivity index (χ0n) is 9.82. The highest BCUT2D eigenvalue weighted by Gasteiger charge is 2.17. The highest BCUT2D eigenvalue weighted by atomic mass is 32.2. The molecule has 7 nitrogen and oxygen atoms in total. The quantitative estimate of drug-likeness (QED) is 0.811. The third-order valence-corrected chi connectivity index (χ3v) is 4.41. The SMILES string of the molecule is Cc1ccccc1C(=O)Nc1nnc(S(N)(=O)=O)s1. The van der Waals surface area contributed by atoms with Crippen molar-refractivity contribution in [1.82, 2.24) is 10.2 Å². The molecule has 0 saturated carbocycles. The summed E-state index contributed by atoms with van der Waals surface area (Å²) in [7, 11) is -3.90. The number of hydrogen-bond donors (Lipinski definition) is 2. The maximum Gasteiger partial charge on any atom is 0.267 e. The highest BCUT2D eigenvalue weighted by molar-refractivity contribution is 7.91. The number of anilines is 1. The summed E-state index contributed by atoms with van der Waals surface area (Å²) in [6.45, 7) is 1.80. The molecule has 0 unspecified atom stereocenters. The molecule has 1 heterocycles. The normalized spacial score (nSPS) is 11.3. The van der Waals surface area contributed by atoms with E-state index in [-0.39, 0.29) is 15.4 Å². The molecule has 0 fully saturated rings. The molecule has 1 aromatic carbocycles. The fourth-order valence-electron chi connectivity index (χ4n) is 1.37. The van der Waals surface area contributed by atoms with Crippen molar-refractivity contribution in [2.24, 2.45) is 5.14 Å². The average molecular weight is 298 g/mol. The molecule has 1 aromatic heterocycles. The summed E-state index contributed by atoms with van der Waals surface area (Å²) in [6, 6.07) is 7.00. The van der Waals surface area contributed by atoms with Gasteiger partial charge in [0.2, 0.25) is 9.47 Å². The van der Waals surface area contributed by atoms with Gasteiger partial charge in [0.05, 0.1) is 0 Å². The van der Waals surface area contributed by atoms with E-state index < -0.39 is 10.0 Å². The number of primary sulfonamides is 1. The standard InChI is InChI=1S/C10H10N4O3S2/c1-6-4-2-3-5-7(6)8(15)12-9-13-14-10(18-9)19(11,16)17/h2-5H,1H3,(H2,11,16,17)(H,12,13,15). The van der Waals surface area contributed by atoms with Gasteiger partial charge in [-0.15, -0.1) is 10.2 Å². The van der Waals surface area contributed by atoms with Gasteiger partial charge in [-0.3, -0.25) is 10.1 Å². The molecule has 9 heteroatoms. The fourth-order valence-corrected chi connectivity index (χ4v) is 2.70. The second-order valence-electron chi connectivity index (χ2n) is 3.69. The Morgan fingerprint density at radius 3 is 2.58 bits per heavy atom. The largest absolute Gasteiger partial charge is 0.296 e. The number of nitrogens with zero attached hydrogens (tertiary/aromatic N) is 2. The molecule has 2 rings (SSSR count). The lowest BCUT2D eigenvalue weighted by Gasteiger charge is -2.03. The number of sulfonamides is 1. The van der Waals surface area contributed by atoms with E-state index in [4.69, 9.17) is 5.14 Å². The number of hydrogen-bond acceptors (Lipinski definition) is 6. The first-order chi connectivity index (χ1) is 8.88. The second kappa shape index (κ2) is 5.03. The number of aromatic nitrogens is 2. The predicted molar refractivity (Wildman–Crippen MR) is 70.4 cm³/mol. The van der Waals surface area contributed by atoms with Crippen LogP contribution in [0.3, 0.4) is 0 Å². The van der Waals surface area contributed by atoms with Gasteiger partial charge in [0, 0.05) is 5.56 Å². The van der Waals surface area contributed by atoms with E-state index in [1.54, 1.807) is 25.1 Å². The van der Waals surface area contributed by atoms with Crippen LogP contribution in [0, 0.1) is 6.92 Å². The van der Waals surface area contributed by atoms with E-state index in [1.165, 1.54) is 0 Å². The number of rotatable bonds is 3. The number of amides is 1. The summed E-state index contributed by atoms with van der Waals surface area (Å²) < 4.78 is 21.7. The Balaban J connectivity index is 2.21. The summed E-state index contributed by atoms with van der Waals surface area (Å²) in [5.74, 6) is -0.379. The first kappa shape index (κ1) is 13.6. The summed E-state index contributed by atoms with van der Waals surface area (Å²) in [4.78, 5) is 11.9. The van der Waals surface area contributed by atoms with Crippen molar-refractivity contribution in [2.45, 2.75) is 11.3 Å². The maximum atomic E-state index is 11.9. The van der Waals surface area contributed by atoms with Gasteiger partial charge >= 0.3 is 0 Å².